The van der Waals surface area contributed by atoms with Gasteiger partial charge in [0.1, 0.15) is 5.82 Å². The molecule has 22 heavy (non-hydrogen) atoms. The number of anilines is 1. The maximum atomic E-state index is 12.4. The fraction of sp³-hybridized carbons (Fsp3) is 0.429. The lowest BCUT2D eigenvalue weighted by Gasteiger charge is -2.17. The highest BCUT2D eigenvalue weighted by Gasteiger charge is 2.37. The third kappa shape index (κ3) is 2.77. The van der Waals surface area contributed by atoms with Crippen LogP contribution in [0.1, 0.15) is 17.2 Å². The Labute approximate surface area is 127 Å². The minimum absolute atomic E-state index is 0.0133. The van der Waals surface area contributed by atoms with E-state index in [4.69, 9.17) is 4.74 Å². The first-order chi connectivity index (χ1) is 10.7. The van der Waals surface area contributed by atoms with Crippen LogP contribution in [-0.2, 0) is 4.74 Å². The molecule has 1 aliphatic rings. The highest BCUT2D eigenvalue weighted by atomic mass is 16.5. The topological polar surface area (TPSA) is 96.0 Å². The third-order valence-corrected chi connectivity index (χ3v) is 3.90. The number of nitrogens with zero attached hydrogens (tertiary/aromatic N) is 4. The van der Waals surface area contributed by atoms with Gasteiger partial charge < -0.3 is 9.64 Å². The van der Waals surface area contributed by atoms with Gasteiger partial charge in [0.2, 0.25) is 0 Å². The van der Waals surface area contributed by atoms with Gasteiger partial charge >= 0.3 is 6.03 Å². The van der Waals surface area contributed by atoms with Crippen molar-refractivity contribution < 1.29 is 9.53 Å². The van der Waals surface area contributed by atoms with Crippen LogP contribution >= 0.6 is 0 Å². The molecule has 0 spiro atoms. The van der Waals surface area contributed by atoms with Gasteiger partial charge in [-0.3, -0.25) is 5.32 Å². The van der Waals surface area contributed by atoms with Crippen molar-refractivity contribution in [3.05, 3.63) is 35.8 Å². The fourth-order valence-corrected chi connectivity index (χ4v) is 2.65. The standard InChI is InChI=1S/C14H18N6O2/c1-9-4-3-5-15-13(9)17-14(21)20-7-10(12(8-20)22-2)11-6-16-19-18-11/h3-6,10,12H,7-8H2,1-2H3,(H,15,17,21)(H,16,18,19)/t10-,12+/m0/s1. The van der Waals surface area contributed by atoms with E-state index in [0.717, 1.165) is 11.3 Å². The number of urea groups is 1. The van der Waals surface area contributed by atoms with Crippen LogP contribution in [0.4, 0.5) is 10.6 Å². The van der Waals surface area contributed by atoms with E-state index in [1.54, 1.807) is 24.4 Å². The maximum absolute atomic E-state index is 12.4. The van der Waals surface area contributed by atoms with Crippen LogP contribution in [0.2, 0.25) is 0 Å². The number of aromatic amines is 1. The number of amides is 2. The number of hydrogen-bond donors (Lipinski definition) is 2. The summed E-state index contributed by atoms with van der Waals surface area (Å²) in [6, 6.07) is 3.56. The molecule has 1 saturated heterocycles. The number of carbonyl (C=O) groups excluding carboxylic acids is 1. The molecular weight excluding hydrogens is 284 g/mol. The molecule has 2 N–H and O–H groups in total. The van der Waals surface area contributed by atoms with E-state index in [0.29, 0.717) is 18.9 Å². The molecule has 0 aromatic carbocycles. The van der Waals surface area contributed by atoms with Crippen LogP contribution in [0.15, 0.2) is 24.5 Å². The van der Waals surface area contributed by atoms with Crippen molar-refractivity contribution in [2.45, 2.75) is 18.9 Å². The van der Waals surface area contributed by atoms with E-state index in [-0.39, 0.29) is 18.1 Å². The molecule has 116 valence electrons. The highest BCUT2D eigenvalue weighted by molar-refractivity contribution is 5.89. The number of likely N-dealkylation sites (tertiary alicyclic amines) is 1. The number of ether oxygens (including phenoxy) is 1. The second-order valence-electron chi connectivity index (χ2n) is 5.28. The Bertz CT molecular complexity index is 645. The monoisotopic (exact) mass is 302 g/mol. The molecule has 0 saturated carbocycles. The first kappa shape index (κ1) is 14.5. The SMILES string of the molecule is CO[C@@H]1CN(C(=O)Nc2ncccc2C)C[C@H]1c1cn[nH]n1. The van der Waals surface area contributed by atoms with E-state index < -0.39 is 0 Å². The normalized spacial score (nSPS) is 21.1. The van der Waals surface area contributed by atoms with Crippen LogP contribution in [0.3, 0.4) is 0 Å². The summed E-state index contributed by atoms with van der Waals surface area (Å²) in [6.07, 6.45) is 3.23. The lowest BCUT2D eigenvalue weighted by molar-refractivity contribution is 0.0987. The van der Waals surface area contributed by atoms with Crippen molar-refractivity contribution >= 4 is 11.8 Å². The highest BCUT2D eigenvalue weighted by Crippen LogP contribution is 2.28. The van der Waals surface area contributed by atoms with Gasteiger partial charge in [-0.05, 0) is 18.6 Å². The van der Waals surface area contributed by atoms with Gasteiger partial charge in [0.25, 0.3) is 0 Å². The Kier molecular flexibility index (Phi) is 4.01. The van der Waals surface area contributed by atoms with Gasteiger partial charge in [0.15, 0.2) is 0 Å². The van der Waals surface area contributed by atoms with Crippen molar-refractivity contribution in [2.75, 3.05) is 25.5 Å². The van der Waals surface area contributed by atoms with E-state index in [9.17, 15) is 4.79 Å². The minimum atomic E-state index is -0.185. The molecule has 0 unspecified atom stereocenters. The average molecular weight is 302 g/mol. The molecule has 1 aliphatic heterocycles. The zero-order chi connectivity index (χ0) is 15.5. The fourth-order valence-electron chi connectivity index (χ4n) is 2.65. The van der Waals surface area contributed by atoms with Gasteiger partial charge in [-0.25, -0.2) is 9.78 Å². The van der Waals surface area contributed by atoms with Crippen molar-refractivity contribution in [3.63, 3.8) is 0 Å². The first-order valence-corrected chi connectivity index (χ1v) is 7.05. The van der Waals surface area contributed by atoms with E-state index in [1.165, 1.54) is 0 Å². The van der Waals surface area contributed by atoms with Crippen molar-refractivity contribution in [2.24, 2.45) is 0 Å². The summed E-state index contributed by atoms with van der Waals surface area (Å²) in [5.74, 6) is 0.589. The van der Waals surface area contributed by atoms with E-state index in [1.807, 2.05) is 19.1 Å². The number of nitrogens with one attached hydrogen (secondary N) is 2. The summed E-state index contributed by atoms with van der Waals surface area (Å²) in [7, 11) is 1.64. The molecule has 0 aliphatic carbocycles. The molecule has 3 heterocycles. The molecule has 3 rings (SSSR count). The molecule has 2 aromatic rings. The predicted molar refractivity (Wildman–Crippen MR) is 79.5 cm³/mol. The molecule has 8 heteroatoms. The minimum Gasteiger partial charge on any atom is -0.379 e. The van der Waals surface area contributed by atoms with Crippen LogP contribution in [0, 0.1) is 6.92 Å². The number of methoxy groups -OCH3 is 1. The average Bonchev–Trinajstić information content (AvgIpc) is 3.18. The molecule has 2 amide bonds. The number of hydrogen-bond acceptors (Lipinski definition) is 5. The predicted octanol–water partition coefficient (Wildman–Crippen LogP) is 1.15. The molecule has 1 fully saturated rings. The van der Waals surface area contributed by atoms with Crippen LogP contribution in [0.5, 0.6) is 0 Å². The Morgan fingerprint density at radius 3 is 3.05 bits per heavy atom. The lowest BCUT2D eigenvalue weighted by atomic mass is 10.0. The first-order valence-electron chi connectivity index (χ1n) is 7.05. The quantitative estimate of drug-likeness (QED) is 0.886. The molecular formula is C14H18N6O2. The number of carbonyl (C=O) groups is 1. The van der Waals surface area contributed by atoms with Gasteiger partial charge in [-0.15, -0.1) is 0 Å². The van der Waals surface area contributed by atoms with Crippen molar-refractivity contribution in [1.29, 1.82) is 0 Å². The number of rotatable bonds is 3. The maximum Gasteiger partial charge on any atom is 0.323 e. The van der Waals surface area contributed by atoms with Crippen molar-refractivity contribution in [3.8, 4) is 0 Å². The summed E-state index contributed by atoms with van der Waals surface area (Å²) in [4.78, 5) is 18.3. The largest absolute Gasteiger partial charge is 0.379 e. The summed E-state index contributed by atoms with van der Waals surface area (Å²) in [5.41, 5.74) is 1.72. The zero-order valence-electron chi connectivity index (χ0n) is 12.5. The summed E-state index contributed by atoms with van der Waals surface area (Å²) >= 11 is 0. The molecule has 0 radical (unpaired) electrons. The van der Waals surface area contributed by atoms with Gasteiger partial charge in [-0.2, -0.15) is 15.4 Å². The molecule has 2 atom stereocenters. The van der Waals surface area contributed by atoms with Crippen LogP contribution < -0.4 is 5.32 Å². The molecule has 2 aromatic heterocycles. The number of H-pyrrole nitrogens is 1. The summed E-state index contributed by atoms with van der Waals surface area (Å²) in [5, 5.41) is 13.4. The second-order valence-corrected chi connectivity index (χ2v) is 5.28. The van der Waals surface area contributed by atoms with Gasteiger partial charge in [0.05, 0.1) is 23.9 Å². The Hall–Kier alpha value is -2.48. The van der Waals surface area contributed by atoms with Crippen LogP contribution in [0.25, 0.3) is 0 Å². The number of aryl methyl sites for hydroxylation is 1. The summed E-state index contributed by atoms with van der Waals surface area (Å²) < 4.78 is 5.48. The van der Waals surface area contributed by atoms with Crippen LogP contribution in [-0.4, -0.2) is 57.6 Å². The Morgan fingerprint density at radius 1 is 1.50 bits per heavy atom. The Balaban J connectivity index is 1.70. The number of pyridine rings is 1. The third-order valence-electron chi connectivity index (χ3n) is 3.90. The zero-order valence-corrected chi connectivity index (χ0v) is 12.5. The van der Waals surface area contributed by atoms with E-state index in [2.05, 4.69) is 25.7 Å². The second kappa shape index (κ2) is 6.10. The van der Waals surface area contributed by atoms with Gasteiger partial charge in [-0.1, -0.05) is 6.07 Å². The lowest BCUT2D eigenvalue weighted by Crippen LogP contribution is -2.34. The molecule has 8 nitrogen and oxygen atoms in total. The van der Waals surface area contributed by atoms with Gasteiger partial charge in [0, 0.05) is 26.4 Å². The van der Waals surface area contributed by atoms with E-state index >= 15 is 0 Å². The Morgan fingerprint density at radius 2 is 2.36 bits per heavy atom. The molecule has 0 bridgehead atoms. The smallest absolute Gasteiger partial charge is 0.323 e. The summed E-state index contributed by atoms with van der Waals surface area (Å²) in [6.45, 7) is 2.94. The van der Waals surface area contributed by atoms with Crippen molar-refractivity contribution in [1.82, 2.24) is 25.3 Å². The number of aromatic nitrogens is 4.